The van der Waals surface area contributed by atoms with Gasteiger partial charge in [-0.1, -0.05) is 20.3 Å². The Kier molecular flexibility index (Phi) is 5.49. The first-order valence-corrected chi connectivity index (χ1v) is 6.14. The van der Waals surface area contributed by atoms with E-state index in [1.807, 2.05) is 0 Å². The molecule has 1 aliphatic heterocycles. The quantitative estimate of drug-likeness (QED) is 0.728. The normalized spacial score (nSPS) is 21.4. The van der Waals surface area contributed by atoms with E-state index in [1.54, 1.807) is 0 Å². The van der Waals surface area contributed by atoms with Crippen molar-refractivity contribution in [1.82, 2.24) is 10.2 Å². The van der Waals surface area contributed by atoms with Gasteiger partial charge in [-0.2, -0.15) is 0 Å². The number of nitrogens with zero attached hydrogens (tertiary/aromatic N) is 1. The summed E-state index contributed by atoms with van der Waals surface area (Å²) in [4.78, 5) is 2.60. The lowest BCUT2D eigenvalue weighted by Crippen LogP contribution is -2.42. The van der Waals surface area contributed by atoms with Crippen LogP contribution in [0.3, 0.4) is 0 Å². The number of hydrogen-bond donors (Lipinski definition) is 1. The standard InChI is InChI=1S/C12H26N2/c1-11(2)9-13-12(3)10-14-7-5-4-6-8-14/h11-13H,4-10H2,1-3H3. The molecule has 0 radical (unpaired) electrons. The first-order chi connectivity index (χ1) is 6.68. The van der Waals surface area contributed by atoms with E-state index in [2.05, 4.69) is 31.0 Å². The Morgan fingerprint density at radius 2 is 1.71 bits per heavy atom. The van der Waals surface area contributed by atoms with E-state index in [1.165, 1.54) is 38.9 Å². The lowest BCUT2D eigenvalue weighted by atomic mass is 10.1. The Bertz CT molecular complexity index is 139. The van der Waals surface area contributed by atoms with E-state index in [0.29, 0.717) is 6.04 Å². The fraction of sp³-hybridized carbons (Fsp3) is 1.00. The summed E-state index contributed by atoms with van der Waals surface area (Å²) in [6, 6.07) is 0.649. The lowest BCUT2D eigenvalue weighted by Gasteiger charge is -2.29. The van der Waals surface area contributed by atoms with Crippen molar-refractivity contribution in [2.45, 2.75) is 46.1 Å². The van der Waals surface area contributed by atoms with Gasteiger partial charge in [-0.25, -0.2) is 0 Å². The molecule has 0 bridgehead atoms. The maximum atomic E-state index is 3.59. The van der Waals surface area contributed by atoms with Crippen molar-refractivity contribution in [2.75, 3.05) is 26.2 Å². The fourth-order valence-electron chi connectivity index (χ4n) is 2.03. The number of nitrogens with one attached hydrogen (secondary N) is 1. The molecule has 0 saturated carbocycles. The average molecular weight is 198 g/mol. The Morgan fingerprint density at radius 1 is 1.07 bits per heavy atom. The predicted octanol–water partition coefficient (Wildman–Crippen LogP) is 2.11. The van der Waals surface area contributed by atoms with Crippen molar-refractivity contribution < 1.29 is 0 Å². The highest BCUT2D eigenvalue weighted by Gasteiger charge is 2.12. The average Bonchev–Trinajstić information content (AvgIpc) is 2.16. The van der Waals surface area contributed by atoms with E-state index >= 15 is 0 Å². The van der Waals surface area contributed by atoms with Crippen LogP contribution in [0.1, 0.15) is 40.0 Å². The smallest absolute Gasteiger partial charge is 0.0166 e. The van der Waals surface area contributed by atoms with Crippen LogP contribution in [-0.2, 0) is 0 Å². The van der Waals surface area contributed by atoms with E-state index in [0.717, 1.165) is 12.5 Å². The highest BCUT2D eigenvalue weighted by Crippen LogP contribution is 2.08. The van der Waals surface area contributed by atoms with Crippen LogP contribution in [0, 0.1) is 5.92 Å². The summed E-state index contributed by atoms with van der Waals surface area (Å²) in [7, 11) is 0. The van der Waals surface area contributed by atoms with Gasteiger partial charge in [0.2, 0.25) is 0 Å². The molecule has 1 heterocycles. The molecule has 1 N–H and O–H groups in total. The summed E-state index contributed by atoms with van der Waals surface area (Å²) >= 11 is 0. The van der Waals surface area contributed by atoms with Gasteiger partial charge in [0.05, 0.1) is 0 Å². The van der Waals surface area contributed by atoms with Gasteiger partial charge < -0.3 is 10.2 Å². The van der Waals surface area contributed by atoms with Crippen molar-refractivity contribution in [2.24, 2.45) is 5.92 Å². The molecule has 0 aromatic carbocycles. The van der Waals surface area contributed by atoms with Gasteiger partial charge in [-0.05, 0) is 45.3 Å². The molecule has 0 aliphatic carbocycles. The Labute approximate surface area is 89.1 Å². The first kappa shape index (κ1) is 12.0. The third kappa shape index (κ3) is 4.97. The zero-order chi connectivity index (χ0) is 10.4. The minimum atomic E-state index is 0.649. The zero-order valence-electron chi connectivity index (χ0n) is 10.1. The largest absolute Gasteiger partial charge is 0.313 e. The van der Waals surface area contributed by atoms with Crippen LogP contribution in [0.15, 0.2) is 0 Å². The summed E-state index contributed by atoms with van der Waals surface area (Å²) in [5.41, 5.74) is 0. The molecule has 2 heteroatoms. The van der Waals surface area contributed by atoms with Crippen LogP contribution in [0.2, 0.25) is 0 Å². The van der Waals surface area contributed by atoms with Crippen molar-refractivity contribution in [3.8, 4) is 0 Å². The number of hydrogen-bond acceptors (Lipinski definition) is 2. The highest BCUT2D eigenvalue weighted by atomic mass is 15.1. The molecule has 0 aromatic heterocycles. The summed E-state index contributed by atoms with van der Waals surface area (Å²) in [5.74, 6) is 0.763. The summed E-state index contributed by atoms with van der Waals surface area (Å²) in [5, 5.41) is 3.59. The van der Waals surface area contributed by atoms with Gasteiger partial charge in [0.15, 0.2) is 0 Å². The second kappa shape index (κ2) is 6.41. The maximum Gasteiger partial charge on any atom is 0.0166 e. The van der Waals surface area contributed by atoms with Gasteiger partial charge in [0.25, 0.3) is 0 Å². The highest BCUT2D eigenvalue weighted by molar-refractivity contribution is 4.71. The summed E-state index contributed by atoms with van der Waals surface area (Å²) in [6.07, 6.45) is 4.23. The molecular formula is C12H26N2. The third-order valence-corrected chi connectivity index (χ3v) is 2.86. The van der Waals surface area contributed by atoms with E-state index < -0.39 is 0 Å². The second-order valence-corrected chi connectivity index (χ2v) is 5.06. The third-order valence-electron chi connectivity index (χ3n) is 2.86. The second-order valence-electron chi connectivity index (χ2n) is 5.06. The first-order valence-electron chi connectivity index (χ1n) is 6.14. The topological polar surface area (TPSA) is 15.3 Å². The molecule has 0 spiro atoms. The SMILES string of the molecule is CC(C)CNC(C)CN1CCCCC1. The van der Waals surface area contributed by atoms with Crippen LogP contribution in [0.25, 0.3) is 0 Å². The number of likely N-dealkylation sites (tertiary alicyclic amines) is 1. The van der Waals surface area contributed by atoms with Gasteiger partial charge in [0.1, 0.15) is 0 Å². The van der Waals surface area contributed by atoms with E-state index in [9.17, 15) is 0 Å². The molecule has 1 saturated heterocycles. The van der Waals surface area contributed by atoms with Gasteiger partial charge in [0, 0.05) is 12.6 Å². The van der Waals surface area contributed by atoms with Crippen LogP contribution >= 0.6 is 0 Å². The Morgan fingerprint density at radius 3 is 2.29 bits per heavy atom. The Balaban J connectivity index is 2.09. The van der Waals surface area contributed by atoms with Gasteiger partial charge in [-0.3, -0.25) is 0 Å². The van der Waals surface area contributed by atoms with Gasteiger partial charge in [-0.15, -0.1) is 0 Å². The summed E-state index contributed by atoms with van der Waals surface area (Å²) < 4.78 is 0. The zero-order valence-corrected chi connectivity index (χ0v) is 10.1. The molecule has 0 aromatic rings. The molecule has 84 valence electrons. The van der Waals surface area contributed by atoms with Crippen molar-refractivity contribution >= 4 is 0 Å². The van der Waals surface area contributed by atoms with Crippen molar-refractivity contribution in [1.29, 1.82) is 0 Å². The van der Waals surface area contributed by atoms with Crippen LogP contribution < -0.4 is 5.32 Å². The molecular weight excluding hydrogens is 172 g/mol. The molecule has 1 fully saturated rings. The molecule has 14 heavy (non-hydrogen) atoms. The van der Waals surface area contributed by atoms with Crippen LogP contribution in [-0.4, -0.2) is 37.1 Å². The predicted molar refractivity (Wildman–Crippen MR) is 62.6 cm³/mol. The molecule has 1 atom stereocenters. The lowest BCUT2D eigenvalue weighted by molar-refractivity contribution is 0.208. The molecule has 1 rings (SSSR count). The fourth-order valence-corrected chi connectivity index (χ4v) is 2.03. The molecule has 0 amide bonds. The van der Waals surface area contributed by atoms with Gasteiger partial charge >= 0.3 is 0 Å². The van der Waals surface area contributed by atoms with E-state index in [4.69, 9.17) is 0 Å². The minimum absolute atomic E-state index is 0.649. The van der Waals surface area contributed by atoms with E-state index in [-0.39, 0.29) is 0 Å². The summed E-state index contributed by atoms with van der Waals surface area (Å²) in [6.45, 7) is 11.8. The molecule has 1 aliphatic rings. The molecule has 1 unspecified atom stereocenters. The van der Waals surface area contributed by atoms with Crippen molar-refractivity contribution in [3.05, 3.63) is 0 Å². The minimum Gasteiger partial charge on any atom is -0.313 e. The molecule has 2 nitrogen and oxygen atoms in total. The maximum absolute atomic E-state index is 3.59. The number of rotatable bonds is 5. The number of piperidine rings is 1. The van der Waals surface area contributed by atoms with Crippen LogP contribution in [0.4, 0.5) is 0 Å². The monoisotopic (exact) mass is 198 g/mol. The Hall–Kier alpha value is -0.0800. The van der Waals surface area contributed by atoms with Crippen LogP contribution in [0.5, 0.6) is 0 Å². The van der Waals surface area contributed by atoms with Crippen molar-refractivity contribution in [3.63, 3.8) is 0 Å².